The number of aryl methyl sites for hydroxylation is 2. The minimum Gasteiger partial charge on any atom is -0.398 e. The lowest BCUT2D eigenvalue weighted by molar-refractivity contribution is -0.115. The van der Waals surface area contributed by atoms with Gasteiger partial charge in [-0.1, -0.05) is 12.1 Å². The van der Waals surface area contributed by atoms with Crippen LogP contribution in [0.1, 0.15) is 11.1 Å². The van der Waals surface area contributed by atoms with Crippen LogP contribution < -0.4 is 11.5 Å². The zero-order valence-electron chi connectivity index (χ0n) is 14.3. The van der Waals surface area contributed by atoms with E-state index in [9.17, 15) is 30.0 Å². The summed E-state index contributed by atoms with van der Waals surface area (Å²) in [5.74, 6) is 0. The first-order valence-corrected chi connectivity index (χ1v) is 10.5. The van der Waals surface area contributed by atoms with E-state index in [2.05, 4.69) is 0 Å². The van der Waals surface area contributed by atoms with Crippen molar-refractivity contribution < 1.29 is 30.0 Å². The number of benzene rings is 2. The fraction of sp³-hybridized carbons (Fsp3) is 0.250. The van der Waals surface area contributed by atoms with Crippen LogP contribution in [0, 0.1) is 13.8 Å². The minimum absolute atomic E-state index is 0.476. The summed E-state index contributed by atoms with van der Waals surface area (Å²) in [4.78, 5) is -1.82. The summed E-state index contributed by atoms with van der Waals surface area (Å²) in [6.07, 6.45) is -5.62. The van der Waals surface area contributed by atoms with Crippen molar-refractivity contribution in [2.45, 2.75) is 34.4 Å². The van der Waals surface area contributed by atoms with Crippen molar-refractivity contribution in [3.05, 3.63) is 47.5 Å². The molecule has 0 unspecified atom stereocenters. The summed E-state index contributed by atoms with van der Waals surface area (Å²) in [5, 5.41) is 0. The molecule has 11 heteroatoms. The molecule has 0 saturated heterocycles. The summed E-state index contributed by atoms with van der Waals surface area (Å²) >= 11 is 0. The number of alkyl halides is 3. The molecule has 0 heterocycles. The Labute approximate surface area is 154 Å². The molecule has 0 amide bonds. The van der Waals surface area contributed by atoms with Gasteiger partial charge in [0.1, 0.15) is 0 Å². The van der Waals surface area contributed by atoms with E-state index in [0.29, 0.717) is 11.1 Å². The van der Waals surface area contributed by atoms with E-state index in [0.717, 1.165) is 24.3 Å². The normalized spacial score (nSPS) is 13.1. The van der Waals surface area contributed by atoms with E-state index in [1.807, 2.05) is 0 Å². The molecule has 2 aromatic carbocycles. The summed E-state index contributed by atoms with van der Waals surface area (Å²) in [6, 6.07) is 6.45. The molecular weight excluding hydrogens is 405 g/mol. The van der Waals surface area contributed by atoms with Crippen molar-refractivity contribution in [2.75, 3.05) is 11.5 Å². The van der Waals surface area contributed by atoms with E-state index in [1.165, 1.54) is 12.1 Å². The molecule has 0 aliphatic rings. The summed E-state index contributed by atoms with van der Waals surface area (Å²) in [5.41, 5.74) is 11.2. The predicted molar refractivity (Wildman–Crippen MR) is 95.4 cm³/mol. The molecule has 0 aliphatic carbocycles. The average molecular weight is 422 g/mol. The number of sulfone groups is 2. The van der Waals surface area contributed by atoms with Gasteiger partial charge in [0.2, 0.25) is 19.7 Å². The third-order valence-electron chi connectivity index (χ3n) is 3.77. The first-order chi connectivity index (χ1) is 12.2. The van der Waals surface area contributed by atoms with Crippen LogP contribution in [0.5, 0.6) is 0 Å². The van der Waals surface area contributed by atoms with Crippen LogP contribution in [0.2, 0.25) is 0 Å². The first-order valence-electron chi connectivity index (χ1n) is 7.46. The molecule has 27 heavy (non-hydrogen) atoms. The maximum absolute atomic E-state index is 13.7. The highest BCUT2D eigenvalue weighted by molar-refractivity contribution is 8.09. The van der Waals surface area contributed by atoms with E-state index in [1.54, 1.807) is 13.8 Å². The molecule has 0 atom stereocenters. The van der Waals surface area contributed by atoms with Gasteiger partial charge in [0.15, 0.2) is 0 Å². The number of rotatable bonds is 4. The lowest BCUT2D eigenvalue weighted by Gasteiger charge is -2.22. The SMILES string of the molecule is Cc1ccc(S(=O)(=O)C(C(F)(F)F)S(=O)(=O)c2ccc(C)cc2N)c(N)c1. The second-order valence-corrected chi connectivity index (χ2v) is 10.3. The number of nitrogens with two attached hydrogens (primary N) is 2. The fourth-order valence-electron chi connectivity index (χ4n) is 2.60. The number of hydrogen-bond acceptors (Lipinski definition) is 6. The zero-order chi connectivity index (χ0) is 20.8. The molecule has 0 spiro atoms. The van der Waals surface area contributed by atoms with Crippen molar-refractivity contribution >= 4 is 31.0 Å². The van der Waals surface area contributed by atoms with Crippen LogP contribution >= 0.6 is 0 Å². The Morgan fingerprint density at radius 3 is 1.37 bits per heavy atom. The van der Waals surface area contributed by atoms with Gasteiger partial charge < -0.3 is 11.5 Å². The Morgan fingerprint density at radius 2 is 1.11 bits per heavy atom. The maximum Gasteiger partial charge on any atom is 0.420 e. The van der Waals surface area contributed by atoms with Crippen LogP contribution in [0.3, 0.4) is 0 Å². The van der Waals surface area contributed by atoms with Gasteiger partial charge >= 0.3 is 6.18 Å². The largest absolute Gasteiger partial charge is 0.420 e. The Bertz CT molecular complexity index is 1010. The molecule has 4 N–H and O–H groups in total. The molecule has 148 valence electrons. The highest BCUT2D eigenvalue weighted by Crippen LogP contribution is 2.40. The average Bonchev–Trinajstić information content (AvgIpc) is 2.43. The van der Waals surface area contributed by atoms with Crippen LogP contribution in [-0.2, 0) is 19.7 Å². The molecule has 2 rings (SSSR count). The highest BCUT2D eigenvalue weighted by Gasteiger charge is 2.58. The Hall–Kier alpha value is -2.27. The van der Waals surface area contributed by atoms with Gasteiger partial charge in [0, 0.05) is 0 Å². The van der Waals surface area contributed by atoms with E-state index >= 15 is 0 Å². The molecule has 6 nitrogen and oxygen atoms in total. The topological polar surface area (TPSA) is 120 Å². The lowest BCUT2D eigenvalue weighted by Crippen LogP contribution is -2.43. The van der Waals surface area contributed by atoms with Gasteiger partial charge in [0.05, 0.1) is 21.2 Å². The second kappa shape index (κ2) is 6.71. The van der Waals surface area contributed by atoms with Crippen molar-refractivity contribution in [3.8, 4) is 0 Å². The molecule has 0 bridgehead atoms. The van der Waals surface area contributed by atoms with Crippen molar-refractivity contribution in [1.29, 1.82) is 0 Å². The van der Waals surface area contributed by atoms with Crippen LogP contribution in [0.4, 0.5) is 24.5 Å². The second-order valence-electron chi connectivity index (χ2n) is 6.05. The number of nitrogen functional groups attached to an aromatic ring is 2. The van der Waals surface area contributed by atoms with E-state index in [4.69, 9.17) is 11.5 Å². The molecule has 0 radical (unpaired) electrons. The zero-order valence-corrected chi connectivity index (χ0v) is 15.9. The predicted octanol–water partition coefficient (Wildman–Crippen LogP) is 2.60. The molecular formula is C16H17F3N2O4S2. The van der Waals surface area contributed by atoms with Crippen LogP contribution in [0.15, 0.2) is 46.2 Å². The van der Waals surface area contributed by atoms with Gasteiger partial charge in [-0.3, -0.25) is 0 Å². The molecule has 0 saturated carbocycles. The smallest absolute Gasteiger partial charge is 0.398 e. The lowest BCUT2D eigenvalue weighted by atomic mass is 10.2. The third kappa shape index (κ3) is 3.88. The van der Waals surface area contributed by atoms with E-state index in [-0.39, 0.29) is 0 Å². The number of hydrogen-bond donors (Lipinski definition) is 2. The summed E-state index contributed by atoms with van der Waals surface area (Å²) in [7, 11) is -10.9. The quantitative estimate of drug-likeness (QED) is 0.731. The van der Waals surface area contributed by atoms with Crippen molar-refractivity contribution in [2.24, 2.45) is 0 Å². The number of anilines is 2. The first kappa shape index (κ1) is 21.0. The molecule has 0 aliphatic heterocycles. The number of halogens is 3. The van der Waals surface area contributed by atoms with Gasteiger partial charge in [-0.25, -0.2) is 16.8 Å². The van der Waals surface area contributed by atoms with Crippen LogP contribution in [0.25, 0.3) is 0 Å². The fourth-order valence-corrected chi connectivity index (χ4v) is 7.01. The van der Waals surface area contributed by atoms with Crippen LogP contribution in [-0.4, -0.2) is 27.6 Å². The summed E-state index contributed by atoms with van der Waals surface area (Å²) in [6.45, 7) is 3.11. The van der Waals surface area contributed by atoms with Crippen molar-refractivity contribution in [1.82, 2.24) is 0 Å². The maximum atomic E-state index is 13.7. The van der Waals surface area contributed by atoms with Gasteiger partial charge in [-0.15, -0.1) is 0 Å². The standard InChI is InChI=1S/C16H17F3N2O4S2/c1-9-3-5-13(11(20)7-9)26(22,23)15(16(17,18)19)27(24,25)14-6-4-10(2)8-12(14)21/h3-8,15H,20-21H2,1-2H3. The Kier molecular flexibility index (Phi) is 5.23. The highest BCUT2D eigenvalue weighted by atomic mass is 32.3. The Morgan fingerprint density at radius 1 is 0.778 bits per heavy atom. The van der Waals surface area contributed by atoms with Gasteiger partial charge in [-0.05, 0) is 49.2 Å². The molecule has 2 aromatic rings. The Balaban J connectivity index is 2.79. The molecule has 0 aromatic heterocycles. The third-order valence-corrected chi connectivity index (χ3v) is 8.93. The van der Waals surface area contributed by atoms with Gasteiger partial charge in [-0.2, -0.15) is 13.2 Å². The van der Waals surface area contributed by atoms with E-state index < -0.39 is 51.6 Å². The van der Waals surface area contributed by atoms with Gasteiger partial charge in [0.25, 0.3) is 4.58 Å². The summed E-state index contributed by atoms with van der Waals surface area (Å²) < 4.78 is 88.0. The minimum atomic E-state index is -5.62. The van der Waals surface area contributed by atoms with Crippen molar-refractivity contribution in [3.63, 3.8) is 0 Å². The monoisotopic (exact) mass is 422 g/mol. The molecule has 0 fully saturated rings.